The van der Waals surface area contributed by atoms with Gasteiger partial charge in [-0.2, -0.15) is 0 Å². The van der Waals surface area contributed by atoms with E-state index in [4.69, 9.17) is 13.9 Å². The first-order valence-corrected chi connectivity index (χ1v) is 8.90. The van der Waals surface area contributed by atoms with E-state index in [-0.39, 0.29) is 0 Å². The van der Waals surface area contributed by atoms with Crippen LogP contribution in [-0.4, -0.2) is 27.3 Å². The minimum Gasteiger partial charge on any atom is -0.493 e. The number of hydrogen-bond acceptors (Lipinski definition) is 4. The standard InChI is InChI=1S/C21H25NO3/c1-13-5-14(2)10-22(9-13)21-17-8-20(24-4)19(23-3)7-15(17)6-16-11-25-12-18(16)21/h6-8,11-14H,5,9-10H2,1-4H3. The molecule has 2 unspecified atom stereocenters. The molecule has 1 saturated heterocycles. The van der Waals surface area contributed by atoms with Crippen LogP contribution in [0.5, 0.6) is 11.5 Å². The Bertz CT molecular complexity index is 904. The number of benzene rings is 2. The molecule has 0 saturated carbocycles. The Morgan fingerprint density at radius 3 is 2.24 bits per heavy atom. The van der Waals surface area contributed by atoms with Gasteiger partial charge in [0.25, 0.3) is 0 Å². The number of fused-ring (bicyclic) bond motifs is 2. The lowest BCUT2D eigenvalue weighted by Gasteiger charge is -2.37. The number of piperidine rings is 1. The smallest absolute Gasteiger partial charge is 0.161 e. The first-order chi connectivity index (χ1) is 12.1. The van der Waals surface area contributed by atoms with Gasteiger partial charge in [0.05, 0.1) is 26.2 Å². The molecule has 0 N–H and O–H groups in total. The molecular formula is C21H25NO3. The molecule has 4 nitrogen and oxygen atoms in total. The zero-order valence-corrected chi connectivity index (χ0v) is 15.3. The van der Waals surface area contributed by atoms with E-state index in [1.807, 2.05) is 12.5 Å². The topological polar surface area (TPSA) is 34.8 Å². The van der Waals surface area contributed by atoms with E-state index in [9.17, 15) is 0 Å². The average molecular weight is 339 g/mol. The van der Waals surface area contributed by atoms with Crippen LogP contribution in [-0.2, 0) is 0 Å². The second-order valence-corrected chi connectivity index (χ2v) is 7.38. The van der Waals surface area contributed by atoms with E-state index in [1.165, 1.54) is 22.9 Å². The van der Waals surface area contributed by atoms with Gasteiger partial charge in [-0.05, 0) is 41.8 Å². The van der Waals surface area contributed by atoms with Gasteiger partial charge >= 0.3 is 0 Å². The van der Waals surface area contributed by atoms with Crippen LogP contribution in [0.15, 0.2) is 35.1 Å². The van der Waals surface area contributed by atoms with E-state index >= 15 is 0 Å². The molecule has 0 bridgehead atoms. The monoisotopic (exact) mass is 339 g/mol. The van der Waals surface area contributed by atoms with Crippen LogP contribution in [0, 0.1) is 11.8 Å². The lowest BCUT2D eigenvalue weighted by atomic mass is 9.90. The molecule has 1 fully saturated rings. The average Bonchev–Trinajstić information content (AvgIpc) is 3.05. The summed E-state index contributed by atoms with van der Waals surface area (Å²) in [6, 6.07) is 6.32. The normalized spacial score (nSPS) is 21.0. The number of rotatable bonds is 3. The fourth-order valence-electron chi connectivity index (χ4n) is 4.33. The zero-order chi connectivity index (χ0) is 17.6. The molecule has 0 amide bonds. The van der Waals surface area contributed by atoms with Crippen molar-refractivity contribution in [3.8, 4) is 11.5 Å². The molecule has 0 aliphatic carbocycles. The van der Waals surface area contributed by atoms with Crippen LogP contribution < -0.4 is 14.4 Å². The van der Waals surface area contributed by atoms with Gasteiger partial charge in [0.2, 0.25) is 0 Å². The van der Waals surface area contributed by atoms with E-state index in [0.29, 0.717) is 11.8 Å². The molecule has 2 atom stereocenters. The summed E-state index contributed by atoms with van der Waals surface area (Å²) in [5, 5.41) is 4.63. The highest BCUT2D eigenvalue weighted by Crippen LogP contribution is 2.42. The molecule has 0 radical (unpaired) electrons. The fourth-order valence-corrected chi connectivity index (χ4v) is 4.33. The van der Waals surface area contributed by atoms with Crippen LogP contribution >= 0.6 is 0 Å². The van der Waals surface area contributed by atoms with Crippen LogP contribution in [0.4, 0.5) is 5.69 Å². The summed E-state index contributed by atoms with van der Waals surface area (Å²) in [4.78, 5) is 2.52. The number of anilines is 1. The summed E-state index contributed by atoms with van der Waals surface area (Å²) in [7, 11) is 3.36. The molecule has 2 heterocycles. The predicted molar refractivity (Wildman–Crippen MR) is 102 cm³/mol. The summed E-state index contributed by atoms with van der Waals surface area (Å²) in [6.45, 7) is 6.81. The third-order valence-electron chi connectivity index (χ3n) is 5.25. The number of methoxy groups -OCH3 is 2. The molecule has 1 aliphatic rings. The third-order valence-corrected chi connectivity index (χ3v) is 5.25. The quantitative estimate of drug-likeness (QED) is 0.666. The van der Waals surface area contributed by atoms with Crippen molar-refractivity contribution in [2.24, 2.45) is 11.8 Å². The van der Waals surface area contributed by atoms with Gasteiger partial charge < -0.3 is 18.8 Å². The number of ether oxygens (including phenoxy) is 2. The van der Waals surface area contributed by atoms with Gasteiger partial charge in [0.15, 0.2) is 11.5 Å². The summed E-state index contributed by atoms with van der Waals surface area (Å²) < 4.78 is 16.6. The van der Waals surface area contributed by atoms with Gasteiger partial charge in [-0.1, -0.05) is 13.8 Å². The summed E-state index contributed by atoms with van der Waals surface area (Å²) in [5.74, 6) is 2.88. The largest absolute Gasteiger partial charge is 0.493 e. The highest BCUT2D eigenvalue weighted by Gasteiger charge is 2.25. The second kappa shape index (κ2) is 6.17. The minimum atomic E-state index is 0.682. The number of hydrogen-bond donors (Lipinski definition) is 0. The lowest BCUT2D eigenvalue weighted by Crippen LogP contribution is -2.38. The van der Waals surface area contributed by atoms with Gasteiger partial charge in [0, 0.05) is 29.2 Å². The van der Waals surface area contributed by atoms with Gasteiger partial charge in [0.1, 0.15) is 6.26 Å². The van der Waals surface area contributed by atoms with Crippen molar-refractivity contribution in [2.75, 3.05) is 32.2 Å². The highest BCUT2D eigenvalue weighted by molar-refractivity contribution is 6.12. The van der Waals surface area contributed by atoms with Crippen molar-refractivity contribution in [1.82, 2.24) is 0 Å². The summed E-state index contributed by atoms with van der Waals surface area (Å²) in [5.41, 5.74) is 1.25. The lowest BCUT2D eigenvalue weighted by molar-refractivity contribution is 0.355. The summed E-state index contributed by atoms with van der Waals surface area (Å²) >= 11 is 0. The first-order valence-electron chi connectivity index (χ1n) is 8.90. The van der Waals surface area contributed by atoms with Gasteiger partial charge in [-0.15, -0.1) is 0 Å². The third kappa shape index (κ3) is 2.70. The minimum absolute atomic E-state index is 0.682. The Hall–Kier alpha value is -2.36. The van der Waals surface area contributed by atoms with Crippen LogP contribution in [0.25, 0.3) is 21.5 Å². The molecule has 2 aromatic carbocycles. The van der Waals surface area contributed by atoms with Crippen molar-refractivity contribution in [3.05, 3.63) is 30.7 Å². The Labute approximate surface area is 148 Å². The Kier molecular flexibility index (Phi) is 3.98. The highest BCUT2D eigenvalue weighted by atomic mass is 16.5. The van der Waals surface area contributed by atoms with E-state index in [1.54, 1.807) is 14.2 Å². The van der Waals surface area contributed by atoms with Crippen molar-refractivity contribution in [2.45, 2.75) is 20.3 Å². The van der Waals surface area contributed by atoms with Crippen molar-refractivity contribution < 1.29 is 13.9 Å². The van der Waals surface area contributed by atoms with Crippen molar-refractivity contribution >= 4 is 27.2 Å². The van der Waals surface area contributed by atoms with Crippen molar-refractivity contribution in [3.63, 3.8) is 0 Å². The SMILES string of the molecule is COc1cc2cc3cocc3c(N3CC(C)CC(C)C3)c2cc1OC. The molecule has 0 spiro atoms. The van der Waals surface area contributed by atoms with E-state index < -0.39 is 0 Å². The number of furan rings is 1. The first kappa shape index (κ1) is 16.1. The maximum atomic E-state index is 5.56. The molecule has 132 valence electrons. The predicted octanol–water partition coefficient (Wildman–Crippen LogP) is 5.09. The van der Waals surface area contributed by atoms with Crippen LogP contribution in [0.1, 0.15) is 20.3 Å². The zero-order valence-electron chi connectivity index (χ0n) is 15.3. The molecule has 1 aromatic heterocycles. The van der Waals surface area contributed by atoms with Gasteiger partial charge in [-0.3, -0.25) is 0 Å². The second-order valence-electron chi connectivity index (χ2n) is 7.38. The maximum Gasteiger partial charge on any atom is 0.161 e. The Morgan fingerprint density at radius 1 is 0.880 bits per heavy atom. The van der Waals surface area contributed by atoms with Gasteiger partial charge in [-0.25, -0.2) is 0 Å². The van der Waals surface area contributed by atoms with E-state index in [0.717, 1.165) is 35.4 Å². The van der Waals surface area contributed by atoms with Crippen molar-refractivity contribution in [1.29, 1.82) is 0 Å². The molecule has 25 heavy (non-hydrogen) atoms. The maximum absolute atomic E-state index is 5.56. The molecule has 1 aliphatic heterocycles. The Balaban J connectivity index is 1.99. The number of nitrogens with zero attached hydrogens (tertiary/aromatic N) is 1. The van der Waals surface area contributed by atoms with E-state index in [2.05, 4.69) is 36.9 Å². The van der Waals surface area contributed by atoms with Crippen LogP contribution in [0.3, 0.4) is 0 Å². The molecule has 4 rings (SSSR count). The summed E-state index contributed by atoms with van der Waals surface area (Å²) in [6.07, 6.45) is 4.98. The molecule has 3 aromatic rings. The fraction of sp³-hybridized carbons (Fsp3) is 0.429. The molecular weight excluding hydrogens is 314 g/mol. The Morgan fingerprint density at radius 2 is 1.56 bits per heavy atom. The van der Waals surface area contributed by atoms with Crippen LogP contribution in [0.2, 0.25) is 0 Å². The molecule has 4 heteroatoms.